The van der Waals surface area contributed by atoms with Gasteiger partial charge in [-0.25, -0.2) is 13.1 Å². The number of hydrogen-bond acceptors (Lipinski definition) is 4. The van der Waals surface area contributed by atoms with Crippen molar-refractivity contribution in [2.45, 2.75) is 39.3 Å². The summed E-state index contributed by atoms with van der Waals surface area (Å²) in [4.78, 5) is 0. The van der Waals surface area contributed by atoms with Crippen LogP contribution in [0.3, 0.4) is 0 Å². The van der Waals surface area contributed by atoms with Crippen LogP contribution in [0.1, 0.15) is 37.1 Å². The van der Waals surface area contributed by atoms with E-state index in [1.165, 1.54) is 6.42 Å². The molecule has 21 heavy (non-hydrogen) atoms. The molecule has 0 unspecified atom stereocenters. The molecule has 1 N–H and O–H groups in total. The highest BCUT2D eigenvalue weighted by Gasteiger charge is 2.33. The van der Waals surface area contributed by atoms with Crippen molar-refractivity contribution in [2.24, 2.45) is 11.8 Å². The number of sulfone groups is 1. The normalized spacial score (nSPS) is 30.7. The van der Waals surface area contributed by atoms with Gasteiger partial charge < -0.3 is 5.32 Å². The van der Waals surface area contributed by atoms with Crippen LogP contribution >= 0.6 is 11.6 Å². The topological polar surface area (TPSA) is 64.0 Å². The second kappa shape index (κ2) is 5.56. The van der Waals surface area contributed by atoms with Crippen LogP contribution in [-0.2, 0) is 16.4 Å². The molecule has 0 spiro atoms. The fourth-order valence-electron chi connectivity index (χ4n) is 3.03. The molecule has 0 amide bonds. The Kier molecular flexibility index (Phi) is 4.05. The van der Waals surface area contributed by atoms with Crippen molar-refractivity contribution in [2.75, 3.05) is 18.1 Å². The molecule has 1 aromatic rings. The van der Waals surface area contributed by atoms with E-state index in [-0.39, 0.29) is 17.5 Å². The van der Waals surface area contributed by atoms with E-state index in [9.17, 15) is 8.42 Å². The van der Waals surface area contributed by atoms with E-state index in [4.69, 9.17) is 11.6 Å². The van der Waals surface area contributed by atoms with Crippen molar-refractivity contribution < 1.29 is 8.42 Å². The summed E-state index contributed by atoms with van der Waals surface area (Å²) in [5.74, 6) is 2.01. The molecule has 2 aliphatic rings. The molecule has 2 fully saturated rings. The van der Waals surface area contributed by atoms with Gasteiger partial charge in [-0.3, -0.25) is 0 Å². The van der Waals surface area contributed by atoms with Gasteiger partial charge in [0.15, 0.2) is 9.84 Å². The number of hydrogen-bond donors (Lipinski definition) is 1. The minimum Gasteiger partial charge on any atom is -0.312 e. The van der Waals surface area contributed by atoms with E-state index in [0.29, 0.717) is 18.1 Å². The van der Waals surface area contributed by atoms with Crippen molar-refractivity contribution in [3.8, 4) is 0 Å². The average Bonchev–Trinajstić information content (AvgIpc) is 2.87. The molecule has 7 heteroatoms. The van der Waals surface area contributed by atoms with Gasteiger partial charge in [0.2, 0.25) is 0 Å². The van der Waals surface area contributed by atoms with E-state index in [2.05, 4.69) is 17.3 Å². The zero-order valence-electron chi connectivity index (χ0n) is 12.5. The van der Waals surface area contributed by atoms with Crippen LogP contribution in [0.5, 0.6) is 0 Å². The van der Waals surface area contributed by atoms with Crippen molar-refractivity contribution in [3.05, 3.63) is 16.4 Å². The fraction of sp³-hybridized carbons (Fsp3) is 0.786. The largest absolute Gasteiger partial charge is 0.312 e. The minimum atomic E-state index is -2.93. The lowest BCUT2D eigenvalue weighted by atomic mass is 10.2. The number of nitrogens with zero attached hydrogens (tertiary/aromatic N) is 2. The first kappa shape index (κ1) is 15.3. The molecule has 1 saturated heterocycles. The highest BCUT2D eigenvalue weighted by atomic mass is 35.5. The molecular formula is C14H22ClN3O2S. The standard InChI is InChI=1S/C14H22ClN3O2S/c1-9-5-11(9)6-16-7-13-10(2)17-18(14(13)15)12-3-4-21(19,20)8-12/h9,11-12,16H,3-8H2,1-2H3/t9-,11-,12-/m1/s1. The third kappa shape index (κ3) is 3.27. The number of rotatable bonds is 5. The molecule has 1 aliphatic heterocycles. The fourth-order valence-corrected chi connectivity index (χ4v) is 5.10. The number of halogens is 1. The molecular weight excluding hydrogens is 310 g/mol. The summed E-state index contributed by atoms with van der Waals surface area (Å²) in [5, 5.41) is 8.50. The maximum Gasteiger partial charge on any atom is 0.152 e. The van der Waals surface area contributed by atoms with Crippen LogP contribution in [0.4, 0.5) is 0 Å². The van der Waals surface area contributed by atoms with Crippen LogP contribution in [0, 0.1) is 18.8 Å². The molecule has 1 aromatic heterocycles. The summed E-state index contributed by atoms with van der Waals surface area (Å²) in [6, 6.07) is -0.113. The van der Waals surface area contributed by atoms with Crippen LogP contribution in [0.25, 0.3) is 0 Å². The Balaban J connectivity index is 1.68. The maximum absolute atomic E-state index is 11.6. The quantitative estimate of drug-likeness (QED) is 0.895. The van der Waals surface area contributed by atoms with E-state index in [0.717, 1.165) is 29.6 Å². The first-order chi connectivity index (χ1) is 9.87. The van der Waals surface area contributed by atoms with Gasteiger partial charge in [0.1, 0.15) is 5.15 Å². The number of aryl methyl sites for hydroxylation is 1. The van der Waals surface area contributed by atoms with Crippen LogP contribution in [0.2, 0.25) is 5.15 Å². The zero-order valence-corrected chi connectivity index (χ0v) is 14.0. The van der Waals surface area contributed by atoms with Crippen LogP contribution < -0.4 is 5.32 Å². The smallest absolute Gasteiger partial charge is 0.152 e. The van der Waals surface area contributed by atoms with Crippen molar-refractivity contribution >= 4 is 21.4 Å². The Morgan fingerprint density at radius 1 is 1.48 bits per heavy atom. The Morgan fingerprint density at radius 2 is 2.19 bits per heavy atom. The van der Waals surface area contributed by atoms with Gasteiger partial charge in [-0.2, -0.15) is 5.10 Å². The summed E-state index contributed by atoms with van der Waals surface area (Å²) < 4.78 is 24.9. The first-order valence-electron chi connectivity index (χ1n) is 7.52. The lowest BCUT2D eigenvalue weighted by molar-refractivity contribution is 0.497. The molecule has 5 nitrogen and oxygen atoms in total. The molecule has 118 valence electrons. The van der Waals surface area contributed by atoms with Crippen molar-refractivity contribution in [3.63, 3.8) is 0 Å². The van der Waals surface area contributed by atoms with E-state index < -0.39 is 9.84 Å². The summed E-state index contributed by atoms with van der Waals surface area (Å²) in [5.41, 5.74) is 1.88. The Morgan fingerprint density at radius 3 is 2.76 bits per heavy atom. The van der Waals surface area contributed by atoms with Crippen LogP contribution in [0.15, 0.2) is 0 Å². The Labute approximate surface area is 131 Å². The van der Waals surface area contributed by atoms with Gasteiger partial charge in [-0.05, 0) is 38.1 Å². The van der Waals surface area contributed by atoms with E-state index in [1.807, 2.05) is 6.92 Å². The Bertz CT molecular complexity index is 641. The summed E-state index contributed by atoms with van der Waals surface area (Å²) in [7, 11) is -2.93. The molecule has 3 atom stereocenters. The van der Waals surface area contributed by atoms with Crippen molar-refractivity contribution in [1.29, 1.82) is 0 Å². The highest BCUT2D eigenvalue weighted by Crippen LogP contribution is 2.37. The molecule has 1 aliphatic carbocycles. The second-order valence-corrected chi connectivity index (χ2v) is 9.05. The lowest BCUT2D eigenvalue weighted by Crippen LogP contribution is -2.17. The molecule has 0 aromatic carbocycles. The SMILES string of the molecule is Cc1nn([C@@H]2CCS(=O)(=O)C2)c(Cl)c1CNC[C@H]1C[C@H]1C. The third-order valence-electron chi connectivity index (χ3n) is 4.68. The minimum absolute atomic E-state index is 0.113. The van der Waals surface area contributed by atoms with Crippen molar-refractivity contribution in [1.82, 2.24) is 15.1 Å². The number of nitrogens with one attached hydrogen (secondary N) is 1. The van der Waals surface area contributed by atoms with Gasteiger partial charge in [0.05, 0.1) is 23.2 Å². The zero-order chi connectivity index (χ0) is 15.2. The average molecular weight is 332 g/mol. The lowest BCUT2D eigenvalue weighted by Gasteiger charge is -2.10. The summed E-state index contributed by atoms with van der Waals surface area (Å²) in [6.07, 6.45) is 1.91. The van der Waals surface area contributed by atoms with Gasteiger partial charge in [-0.15, -0.1) is 0 Å². The van der Waals surface area contributed by atoms with E-state index >= 15 is 0 Å². The number of aromatic nitrogens is 2. The molecule has 1 saturated carbocycles. The summed E-state index contributed by atoms with van der Waals surface area (Å²) in [6.45, 7) is 5.92. The summed E-state index contributed by atoms with van der Waals surface area (Å²) >= 11 is 6.43. The van der Waals surface area contributed by atoms with Gasteiger partial charge in [0, 0.05) is 12.1 Å². The predicted molar refractivity (Wildman–Crippen MR) is 83.3 cm³/mol. The second-order valence-electron chi connectivity index (χ2n) is 6.46. The predicted octanol–water partition coefficient (Wildman–Crippen LogP) is 1.95. The molecule has 0 bridgehead atoms. The third-order valence-corrected chi connectivity index (χ3v) is 6.84. The highest BCUT2D eigenvalue weighted by molar-refractivity contribution is 7.91. The monoisotopic (exact) mass is 331 g/mol. The molecule has 2 heterocycles. The van der Waals surface area contributed by atoms with E-state index in [1.54, 1.807) is 4.68 Å². The first-order valence-corrected chi connectivity index (χ1v) is 9.72. The molecule has 3 rings (SSSR count). The molecule has 0 radical (unpaired) electrons. The maximum atomic E-state index is 11.6. The van der Waals surface area contributed by atoms with Crippen LogP contribution in [-0.4, -0.2) is 36.2 Å². The van der Waals surface area contributed by atoms with Gasteiger partial charge >= 0.3 is 0 Å². The Hall–Kier alpha value is -0.590. The van der Waals surface area contributed by atoms with Gasteiger partial charge in [-0.1, -0.05) is 18.5 Å². The van der Waals surface area contributed by atoms with Gasteiger partial charge in [0.25, 0.3) is 0 Å².